The highest BCUT2D eigenvalue weighted by Gasteiger charge is 2.26. The normalized spacial score (nSPS) is 12.8. The first kappa shape index (κ1) is 17.1. The summed E-state index contributed by atoms with van der Waals surface area (Å²) in [6.07, 6.45) is 2.11. The van der Waals surface area contributed by atoms with Gasteiger partial charge in [0.1, 0.15) is 5.82 Å². The molecule has 7 heteroatoms. The number of hydrogen-bond donors (Lipinski definition) is 1. The lowest BCUT2D eigenvalue weighted by Gasteiger charge is -2.24. The van der Waals surface area contributed by atoms with Crippen molar-refractivity contribution in [2.75, 3.05) is 33.7 Å². The van der Waals surface area contributed by atoms with E-state index in [0.717, 1.165) is 0 Å². The molecule has 1 rings (SSSR count). The molecule has 0 bridgehead atoms. The van der Waals surface area contributed by atoms with Gasteiger partial charge < -0.3 is 9.88 Å². The molecule has 0 spiro atoms. The number of nitrogens with one attached hydrogen (secondary N) is 1. The van der Waals surface area contributed by atoms with Gasteiger partial charge in [0, 0.05) is 26.1 Å². The number of aryl methyl sites for hydroxylation is 1. The fraction of sp³-hybridized carbons (Fsp3) is 0.769. The second kappa shape index (κ2) is 7.19. The van der Waals surface area contributed by atoms with Crippen LogP contribution in [0.3, 0.4) is 0 Å². The number of aromatic nitrogens is 2. The fourth-order valence-electron chi connectivity index (χ4n) is 1.82. The van der Waals surface area contributed by atoms with Gasteiger partial charge in [-0.15, -0.1) is 0 Å². The van der Waals surface area contributed by atoms with Gasteiger partial charge in [0.05, 0.1) is 6.20 Å². The quantitative estimate of drug-likeness (QED) is 0.783. The molecule has 0 fully saturated rings. The van der Waals surface area contributed by atoms with Crippen LogP contribution in [-0.4, -0.2) is 61.3 Å². The summed E-state index contributed by atoms with van der Waals surface area (Å²) < 4.78 is 26.8. The fourth-order valence-corrected chi connectivity index (χ4v) is 3.35. The Morgan fingerprint density at radius 2 is 1.95 bits per heavy atom. The third-order valence-electron chi connectivity index (χ3n) is 2.92. The van der Waals surface area contributed by atoms with E-state index >= 15 is 0 Å². The molecule has 0 unspecified atom stereocenters. The minimum absolute atomic E-state index is 0.189. The van der Waals surface area contributed by atoms with Crippen molar-refractivity contribution in [3.8, 4) is 0 Å². The topological polar surface area (TPSA) is 69.3 Å². The first-order valence-electron chi connectivity index (χ1n) is 6.96. The average molecular weight is 302 g/mol. The van der Waals surface area contributed by atoms with Crippen LogP contribution in [0.4, 0.5) is 0 Å². The summed E-state index contributed by atoms with van der Waals surface area (Å²) >= 11 is 0. The Bertz CT molecular complexity index is 508. The van der Waals surface area contributed by atoms with E-state index in [1.54, 1.807) is 0 Å². The summed E-state index contributed by atoms with van der Waals surface area (Å²) in [5, 5.41) is 0.189. The molecule has 0 aliphatic carbocycles. The molecule has 6 nitrogen and oxygen atoms in total. The molecule has 1 aromatic rings. The maximum Gasteiger partial charge on any atom is 0.260 e. The van der Waals surface area contributed by atoms with E-state index in [-0.39, 0.29) is 10.9 Å². The molecule has 1 heterocycles. The highest BCUT2D eigenvalue weighted by molar-refractivity contribution is 7.89. The predicted molar refractivity (Wildman–Crippen MR) is 80.1 cm³/mol. The molecule has 0 amide bonds. The molecule has 0 aliphatic rings. The van der Waals surface area contributed by atoms with Gasteiger partial charge in [-0.3, -0.25) is 0 Å². The maximum absolute atomic E-state index is 12.6. The minimum atomic E-state index is -3.49. The van der Waals surface area contributed by atoms with Crippen LogP contribution in [0.2, 0.25) is 0 Å². The Morgan fingerprint density at radius 1 is 1.30 bits per heavy atom. The second-order valence-corrected chi connectivity index (χ2v) is 7.51. The minimum Gasteiger partial charge on any atom is -0.332 e. The van der Waals surface area contributed by atoms with E-state index in [4.69, 9.17) is 0 Å². The van der Waals surface area contributed by atoms with Gasteiger partial charge in [-0.1, -0.05) is 20.8 Å². The summed E-state index contributed by atoms with van der Waals surface area (Å²) in [5.74, 6) is 0.973. The Morgan fingerprint density at radius 3 is 2.40 bits per heavy atom. The standard InChI is InChI=1S/C13H26N4O2S/c1-6-12-14-9-13(15-12)20(18,19)17(10-11(2)3)8-7-16(4)5/h9,11H,6-8,10H2,1-5H3,(H,14,15). The first-order valence-corrected chi connectivity index (χ1v) is 8.40. The van der Waals surface area contributed by atoms with Gasteiger partial charge in [0.15, 0.2) is 5.03 Å². The Hall–Kier alpha value is -0.920. The zero-order valence-corrected chi connectivity index (χ0v) is 13.9. The van der Waals surface area contributed by atoms with E-state index in [2.05, 4.69) is 9.97 Å². The van der Waals surface area contributed by atoms with E-state index in [9.17, 15) is 8.42 Å². The van der Waals surface area contributed by atoms with Crippen molar-refractivity contribution in [1.82, 2.24) is 19.2 Å². The first-order chi connectivity index (χ1) is 9.27. The number of sulfonamides is 1. The van der Waals surface area contributed by atoms with Crippen LogP contribution in [0.15, 0.2) is 11.2 Å². The van der Waals surface area contributed by atoms with Gasteiger partial charge in [0.25, 0.3) is 10.0 Å². The lowest BCUT2D eigenvalue weighted by Crippen LogP contribution is -2.39. The predicted octanol–water partition coefficient (Wildman–Crippen LogP) is 1.18. The Labute approximate surface area is 122 Å². The third kappa shape index (κ3) is 4.57. The molecular weight excluding hydrogens is 276 g/mol. The number of nitrogens with zero attached hydrogens (tertiary/aromatic N) is 3. The summed E-state index contributed by atoms with van der Waals surface area (Å²) in [6.45, 7) is 7.66. The van der Waals surface area contributed by atoms with Crippen LogP contribution in [0.25, 0.3) is 0 Å². The molecule has 0 saturated heterocycles. The van der Waals surface area contributed by atoms with E-state index in [0.29, 0.717) is 31.9 Å². The van der Waals surface area contributed by atoms with E-state index in [1.165, 1.54) is 10.5 Å². The zero-order chi connectivity index (χ0) is 15.3. The van der Waals surface area contributed by atoms with Crippen molar-refractivity contribution in [3.05, 3.63) is 12.0 Å². The zero-order valence-electron chi connectivity index (χ0n) is 13.0. The van der Waals surface area contributed by atoms with Crippen LogP contribution in [0, 0.1) is 5.92 Å². The van der Waals surface area contributed by atoms with E-state index < -0.39 is 10.0 Å². The lowest BCUT2D eigenvalue weighted by molar-refractivity contribution is 0.312. The summed E-state index contributed by atoms with van der Waals surface area (Å²) in [5.41, 5.74) is 0. The highest BCUT2D eigenvalue weighted by Crippen LogP contribution is 2.15. The third-order valence-corrected chi connectivity index (χ3v) is 4.70. The molecule has 0 radical (unpaired) electrons. The van der Waals surface area contributed by atoms with Crippen LogP contribution in [-0.2, 0) is 16.4 Å². The number of H-pyrrole nitrogens is 1. The number of hydrogen-bond acceptors (Lipinski definition) is 4. The average Bonchev–Trinajstić information content (AvgIpc) is 2.83. The molecule has 116 valence electrons. The molecular formula is C13H26N4O2S. The van der Waals surface area contributed by atoms with Gasteiger partial charge in [-0.25, -0.2) is 13.4 Å². The maximum atomic E-state index is 12.6. The monoisotopic (exact) mass is 302 g/mol. The number of likely N-dealkylation sites (N-methyl/N-ethyl adjacent to an activating group) is 1. The molecule has 0 saturated carbocycles. The van der Waals surface area contributed by atoms with Crippen molar-refractivity contribution in [2.45, 2.75) is 32.2 Å². The van der Waals surface area contributed by atoms with Gasteiger partial charge in [-0.05, 0) is 20.0 Å². The summed E-state index contributed by atoms with van der Waals surface area (Å²) in [6, 6.07) is 0. The van der Waals surface area contributed by atoms with Crippen molar-refractivity contribution < 1.29 is 8.42 Å². The number of imidazole rings is 1. The molecule has 0 atom stereocenters. The van der Waals surface area contributed by atoms with Crippen molar-refractivity contribution >= 4 is 10.0 Å². The number of aromatic amines is 1. The largest absolute Gasteiger partial charge is 0.332 e. The molecule has 1 aromatic heterocycles. The summed E-state index contributed by atoms with van der Waals surface area (Å²) in [4.78, 5) is 8.96. The van der Waals surface area contributed by atoms with E-state index in [1.807, 2.05) is 39.8 Å². The highest BCUT2D eigenvalue weighted by atomic mass is 32.2. The second-order valence-electron chi connectivity index (χ2n) is 5.61. The van der Waals surface area contributed by atoms with Gasteiger partial charge in [0.2, 0.25) is 0 Å². The van der Waals surface area contributed by atoms with Gasteiger partial charge >= 0.3 is 0 Å². The van der Waals surface area contributed by atoms with Crippen molar-refractivity contribution in [2.24, 2.45) is 5.92 Å². The lowest BCUT2D eigenvalue weighted by atomic mass is 10.2. The summed E-state index contributed by atoms with van der Waals surface area (Å²) in [7, 11) is 0.380. The molecule has 0 aliphatic heterocycles. The van der Waals surface area contributed by atoms with Gasteiger partial charge in [-0.2, -0.15) is 4.31 Å². The smallest absolute Gasteiger partial charge is 0.260 e. The van der Waals surface area contributed by atoms with Crippen LogP contribution >= 0.6 is 0 Å². The Kier molecular flexibility index (Phi) is 6.16. The SMILES string of the molecule is CCc1ncc(S(=O)(=O)N(CCN(C)C)CC(C)C)[nH]1. The van der Waals surface area contributed by atoms with Crippen LogP contribution in [0.1, 0.15) is 26.6 Å². The number of rotatable bonds is 8. The molecule has 20 heavy (non-hydrogen) atoms. The van der Waals surface area contributed by atoms with Crippen LogP contribution < -0.4 is 0 Å². The van der Waals surface area contributed by atoms with Crippen LogP contribution in [0.5, 0.6) is 0 Å². The van der Waals surface area contributed by atoms with Crippen molar-refractivity contribution in [3.63, 3.8) is 0 Å². The van der Waals surface area contributed by atoms with Crippen molar-refractivity contribution in [1.29, 1.82) is 0 Å². The Balaban J connectivity index is 2.96. The molecule has 0 aromatic carbocycles. The molecule has 1 N–H and O–H groups in total.